The number of fused-ring (bicyclic) bond motifs is 1. The number of ether oxygens (including phenoxy) is 1. The van der Waals surface area contributed by atoms with Gasteiger partial charge in [0.15, 0.2) is 11.5 Å². The molecule has 0 bridgehead atoms. The van der Waals surface area contributed by atoms with Gasteiger partial charge in [0.1, 0.15) is 5.52 Å². The van der Waals surface area contributed by atoms with Gasteiger partial charge in [-0.25, -0.2) is 4.98 Å². The van der Waals surface area contributed by atoms with Crippen LogP contribution in [0, 0.1) is 0 Å². The van der Waals surface area contributed by atoms with E-state index in [1.165, 1.54) is 0 Å². The van der Waals surface area contributed by atoms with Gasteiger partial charge in [-0.3, -0.25) is 4.79 Å². The largest absolute Gasteiger partial charge is 0.441 e. The molecule has 20 heavy (non-hydrogen) atoms. The third-order valence-corrected chi connectivity index (χ3v) is 2.97. The fourth-order valence-corrected chi connectivity index (χ4v) is 1.81. The van der Waals surface area contributed by atoms with Gasteiger partial charge in [-0.15, -0.1) is 0 Å². The third-order valence-electron chi connectivity index (χ3n) is 2.97. The number of benzene rings is 1. The van der Waals surface area contributed by atoms with E-state index in [9.17, 15) is 4.79 Å². The second kappa shape index (κ2) is 6.49. The van der Waals surface area contributed by atoms with E-state index in [0.717, 1.165) is 11.9 Å². The number of hydrogen-bond donors (Lipinski definition) is 2. The van der Waals surface area contributed by atoms with Gasteiger partial charge in [0, 0.05) is 25.8 Å². The molecule has 1 aromatic carbocycles. The molecule has 1 amide bonds. The first-order valence-electron chi connectivity index (χ1n) is 6.59. The number of amides is 1. The summed E-state index contributed by atoms with van der Waals surface area (Å²) in [5.74, 6) is 0.445. The Kier molecular flexibility index (Phi) is 4.70. The second-order valence-corrected chi connectivity index (χ2v) is 4.52. The number of hydrogen-bond acceptors (Lipinski definition) is 5. The molecule has 0 fully saturated rings. The van der Waals surface area contributed by atoms with Crippen molar-refractivity contribution in [2.75, 3.05) is 19.0 Å². The van der Waals surface area contributed by atoms with Crippen LogP contribution in [-0.4, -0.2) is 30.6 Å². The van der Waals surface area contributed by atoms with Crippen LogP contribution in [0.3, 0.4) is 0 Å². The lowest BCUT2D eigenvalue weighted by atomic mass is 10.2. The lowest BCUT2D eigenvalue weighted by Crippen LogP contribution is -2.36. The number of nitrogens with one attached hydrogen (secondary N) is 1. The molecule has 6 nitrogen and oxygen atoms in total. The predicted octanol–water partition coefficient (Wildman–Crippen LogP) is 1.69. The Labute approximate surface area is 117 Å². The zero-order chi connectivity index (χ0) is 14.5. The van der Waals surface area contributed by atoms with Crippen molar-refractivity contribution in [1.29, 1.82) is 0 Å². The minimum atomic E-state index is -0.589. The van der Waals surface area contributed by atoms with E-state index in [-0.39, 0.29) is 5.91 Å². The molecule has 3 N–H and O–H groups in total. The molecule has 6 heteroatoms. The predicted molar refractivity (Wildman–Crippen MR) is 76.5 cm³/mol. The molecule has 1 heterocycles. The number of aromatic nitrogens is 1. The van der Waals surface area contributed by atoms with Crippen LogP contribution < -0.4 is 11.1 Å². The van der Waals surface area contributed by atoms with E-state index in [0.29, 0.717) is 30.2 Å². The van der Waals surface area contributed by atoms with Gasteiger partial charge >= 0.3 is 0 Å². The SMILES string of the molecule is CCc1nc2cc(NC(=O)C(N)CCOC)ccc2o1. The van der Waals surface area contributed by atoms with Gasteiger partial charge in [-0.1, -0.05) is 6.92 Å². The van der Waals surface area contributed by atoms with Gasteiger partial charge in [-0.2, -0.15) is 0 Å². The smallest absolute Gasteiger partial charge is 0.241 e. The zero-order valence-corrected chi connectivity index (χ0v) is 11.7. The van der Waals surface area contributed by atoms with Crippen molar-refractivity contribution in [2.24, 2.45) is 5.73 Å². The van der Waals surface area contributed by atoms with Crippen molar-refractivity contribution in [1.82, 2.24) is 4.98 Å². The maximum atomic E-state index is 11.9. The summed E-state index contributed by atoms with van der Waals surface area (Å²) in [4.78, 5) is 16.2. The van der Waals surface area contributed by atoms with Crippen LogP contribution in [-0.2, 0) is 16.0 Å². The normalized spacial score (nSPS) is 12.6. The van der Waals surface area contributed by atoms with Crippen molar-refractivity contribution in [2.45, 2.75) is 25.8 Å². The highest BCUT2D eigenvalue weighted by Crippen LogP contribution is 2.20. The van der Waals surface area contributed by atoms with Crippen molar-refractivity contribution in [3.63, 3.8) is 0 Å². The van der Waals surface area contributed by atoms with Crippen LogP contribution in [0.1, 0.15) is 19.2 Å². The number of nitrogens with two attached hydrogens (primary N) is 1. The minimum absolute atomic E-state index is 0.236. The summed E-state index contributed by atoms with van der Waals surface area (Å²) in [6.07, 6.45) is 1.22. The van der Waals surface area contributed by atoms with Gasteiger partial charge in [0.2, 0.25) is 5.91 Å². The molecule has 1 atom stereocenters. The number of nitrogens with zero attached hydrogens (tertiary/aromatic N) is 1. The van der Waals surface area contributed by atoms with Crippen LogP contribution >= 0.6 is 0 Å². The Balaban J connectivity index is 2.07. The molecular weight excluding hydrogens is 258 g/mol. The van der Waals surface area contributed by atoms with E-state index < -0.39 is 6.04 Å². The number of carbonyl (C=O) groups is 1. The van der Waals surface area contributed by atoms with E-state index in [1.807, 2.05) is 6.92 Å². The van der Waals surface area contributed by atoms with Crippen LogP contribution in [0.2, 0.25) is 0 Å². The van der Waals surface area contributed by atoms with E-state index in [4.69, 9.17) is 14.9 Å². The molecule has 2 rings (SSSR count). The standard InChI is InChI=1S/C14H19N3O3/c1-3-13-17-11-8-9(4-5-12(11)20-13)16-14(18)10(15)6-7-19-2/h4-5,8,10H,3,6-7,15H2,1-2H3,(H,16,18). The van der Waals surface area contributed by atoms with Crippen molar-refractivity contribution in [3.05, 3.63) is 24.1 Å². The molecule has 0 aliphatic rings. The molecule has 1 aromatic heterocycles. The number of aryl methyl sites for hydroxylation is 1. The Bertz CT molecular complexity index is 594. The number of anilines is 1. The van der Waals surface area contributed by atoms with Crippen molar-refractivity contribution < 1.29 is 13.9 Å². The van der Waals surface area contributed by atoms with E-state index in [2.05, 4.69) is 10.3 Å². The molecule has 0 saturated heterocycles. The highest BCUT2D eigenvalue weighted by Gasteiger charge is 2.14. The topological polar surface area (TPSA) is 90.4 Å². The molecule has 1 unspecified atom stereocenters. The Morgan fingerprint density at radius 2 is 2.35 bits per heavy atom. The summed E-state index contributed by atoms with van der Waals surface area (Å²) >= 11 is 0. The summed E-state index contributed by atoms with van der Waals surface area (Å²) in [7, 11) is 1.58. The maximum absolute atomic E-state index is 11.9. The Hall–Kier alpha value is -1.92. The summed E-state index contributed by atoms with van der Waals surface area (Å²) < 4.78 is 10.4. The molecule has 108 valence electrons. The average molecular weight is 277 g/mol. The number of rotatable bonds is 6. The van der Waals surface area contributed by atoms with Crippen molar-refractivity contribution >= 4 is 22.7 Å². The highest BCUT2D eigenvalue weighted by atomic mass is 16.5. The van der Waals surface area contributed by atoms with Gasteiger partial charge < -0.3 is 20.2 Å². The average Bonchev–Trinajstić information content (AvgIpc) is 2.86. The lowest BCUT2D eigenvalue weighted by Gasteiger charge is -2.11. The number of methoxy groups -OCH3 is 1. The quantitative estimate of drug-likeness (QED) is 0.838. The van der Waals surface area contributed by atoms with Crippen LogP contribution in [0.5, 0.6) is 0 Å². The van der Waals surface area contributed by atoms with E-state index >= 15 is 0 Å². The fourth-order valence-electron chi connectivity index (χ4n) is 1.81. The summed E-state index contributed by atoms with van der Waals surface area (Å²) in [6, 6.07) is 4.75. The summed E-state index contributed by atoms with van der Waals surface area (Å²) in [5, 5.41) is 2.77. The molecule has 0 radical (unpaired) electrons. The molecule has 2 aromatic rings. The number of oxazole rings is 1. The summed E-state index contributed by atoms with van der Waals surface area (Å²) in [5.41, 5.74) is 7.86. The zero-order valence-electron chi connectivity index (χ0n) is 11.7. The second-order valence-electron chi connectivity index (χ2n) is 4.52. The molecule has 0 aliphatic carbocycles. The Morgan fingerprint density at radius 1 is 1.55 bits per heavy atom. The minimum Gasteiger partial charge on any atom is -0.441 e. The monoisotopic (exact) mass is 277 g/mol. The maximum Gasteiger partial charge on any atom is 0.241 e. The van der Waals surface area contributed by atoms with Crippen LogP contribution in [0.4, 0.5) is 5.69 Å². The van der Waals surface area contributed by atoms with Crippen LogP contribution in [0.15, 0.2) is 22.6 Å². The third kappa shape index (κ3) is 3.34. The highest BCUT2D eigenvalue weighted by molar-refractivity contribution is 5.96. The molecule has 0 spiro atoms. The summed E-state index contributed by atoms with van der Waals surface area (Å²) in [6.45, 7) is 2.43. The lowest BCUT2D eigenvalue weighted by molar-refractivity contribution is -0.117. The first kappa shape index (κ1) is 14.5. The van der Waals surface area contributed by atoms with Gasteiger partial charge in [-0.05, 0) is 24.6 Å². The van der Waals surface area contributed by atoms with Gasteiger partial charge in [0.25, 0.3) is 0 Å². The van der Waals surface area contributed by atoms with Gasteiger partial charge in [0.05, 0.1) is 6.04 Å². The van der Waals surface area contributed by atoms with Crippen LogP contribution in [0.25, 0.3) is 11.1 Å². The number of carbonyl (C=O) groups excluding carboxylic acids is 1. The Morgan fingerprint density at radius 3 is 3.05 bits per heavy atom. The van der Waals surface area contributed by atoms with Crippen molar-refractivity contribution in [3.8, 4) is 0 Å². The fraction of sp³-hybridized carbons (Fsp3) is 0.429. The first-order chi connectivity index (χ1) is 9.63. The van der Waals surface area contributed by atoms with E-state index in [1.54, 1.807) is 25.3 Å². The molecule has 0 saturated carbocycles. The first-order valence-corrected chi connectivity index (χ1v) is 6.59. The molecular formula is C14H19N3O3. The molecule has 0 aliphatic heterocycles.